The highest BCUT2D eigenvalue weighted by Gasteiger charge is 2.51. The number of amides is 3. The molecule has 3 N–H and O–H groups in total. The first-order valence-electron chi connectivity index (χ1n) is 24.1. The first kappa shape index (κ1) is 42.4. The SMILES string of the molecule is C#Cc1c(F)ccc2cc(O)cc(-c3ncc4c(N5CC6CCC(C5)N6)nc(OCC5(CN6CCC7(CC6)CC(N6CCC(c8ccc(N9CC(=O)NC9=O)cc8)CC6)C7)CC5)nc4c3F)c12. The lowest BCUT2D eigenvalue weighted by Gasteiger charge is -2.56. The third-order valence-corrected chi connectivity index (χ3v) is 16.4. The van der Waals surface area contributed by atoms with Crippen molar-refractivity contribution in [3.05, 3.63) is 77.5 Å². The summed E-state index contributed by atoms with van der Waals surface area (Å²) in [6.45, 7) is 7.28. The Morgan fingerprint density at radius 2 is 1.66 bits per heavy atom. The fourth-order valence-electron chi connectivity index (χ4n) is 12.4. The molecule has 67 heavy (non-hydrogen) atoms. The molecule has 7 heterocycles. The van der Waals surface area contributed by atoms with E-state index in [-0.39, 0.29) is 58.0 Å². The first-order valence-corrected chi connectivity index (χ1v) is 24.1. The topological polar surface area (TPSA) is 139 Å². The number of imide groups is 1. The Morgan fingerprint density at radius 3 is 2.34 bits per heavy atom. The Kier molecular flexibility index (Phi) is 10.4. The van der Waals surface area contributed by atoms with Crippen LogP contribution in [-0.2, 0) is 4.79 Å². The number of carbonyl (C=O) groups excluding carboxylic acids is 2. The third kappa shape index (κ3) is 7.80. The number of terminal acetylenes is 1. The van der Waals surface area contributed by atoms with E-state index in [0.29, 0.717) is 58.0 Å². The number of phenolic OH excluding ortho intramolecular Hbond substituents is 1. The summed E-state index contributed by atoms with van der Waals surface area (Å²) in [5.74, 6) is 1.79. The standard InChI is InChI=1S/C52H55F2N9O4/c1-2-39-42(53)10-5-33-21-38(64)22-40(44(33)39)46-45(54)47-41(25-55-46)48(62-26-34-6-7-35(27-62)56-34)59-49(58-47)67-30-52(13-14-52)29-60-19-15-51(16-20-60)23-37(24-51)61-17-11-32(12-18-61)31-3-8-36(9-4-31)63-28-43(65)57-50(63)66/h1,3-5,8-10,21-22,25,32,34-35,37,56,64H,6-7,11-20,23-24,26-30H2,(H,57,65,66). The molecule has 2 bridgehead atoms. The van der Waals surface area contributed by atoms with Crippen molar-refractivity contribution in [2.24, 2.45) is 10.8 Å². The van der Waals surface area contributed by atoms with Crippen LogP contribution in [0.15, 0.2) is 54.7 Å². The molecule has 3 amide bonds. The maximum absolute atomic E-state index is 17.1. The summed E-state index contributed by atoms with van der Waals surface area (Å²) >= 11 is 0. The Balaban J connectivity index is 0.697. The van der Waals surface area contributed by atoms with Crippen LogP contribution in [0.4, 0.5) is 25.1 Å². The normalized spacial score (nSPS) is 24.1. The Hall–Kier alpha value is -5.95. The monoisotopic (exact) mass is 907 g/mol. The van der Waals surface area contributed by atoms with Crippen LogP contribution in [0, 0.1) is 34.8 Å². The number of halogens is 2. The van der Waals surface area contributed by atoms with Gasteiger partial charge in [-0.1, -0.05) is 24.1 Å². The molecule has 3 aromatic carbocycles. The Bertz CT molecular complexity index is 2830. The van der Waals surface area contributed by atoms with Crippen LogP contribution >= 0.6 is 0 Å². The van der Waals surface area contributed by atoms with Crippen molar-refractivity contribution in [2.75, 3.05) is 68.8 Å². The van der Waals surface area contributed by atoms with E-state index in [1.807, 2.05) is 12.1 Å². The Labute approximate surface area is 388 Å². The smallest absolute Gasteiger partial charge is 0.329 e. The molecule has 12 rings (SSSR count). The number of likely N-dealkylation sites (tertiary alicyclic amines) is 2. The number of ether oxygens (including phenoxy) is 1. The van der Waals surface area contributed by atoms with Gasteiger partial charge >= 0.3 is 12.0 Å². The highest BCUT2D eigenvalue weighted by atomic mass is 19.1. The molecule has 2 aliphatic carbocycles. The van der Waals surface area contributed by atoms with Crippen molar-refractivity contribution in [3.63, 3.8) is 0 Å². The summed E-state index contributed by atoms with van der Waals surface area (Å²) < 4.78 is 38.7. The van der Waals surface area contributed by atoms with Gasteiger partial charge in [0.1, 0.15) is 35.1 Å². The van der Waals surface area contributed by atoms with Gasteiger partial charge in [0, 0.05) is 66.0 Å². The molecule has 2 unspecified atom stereocenters. The predicted molar refractivity (Wildman–Crippen MR) is 251 cm³/mol. The van der Waals surface area contributed by atoms with Gasteiger partial charge in [0.25, 0.3) is 0 Å². The fraction of sp³-hybridized carbons (Fsp3) is 0.481. The van der Waals surface area contributed by atoms with Crippen LogP contribution in [0.2, 0.25) is 0 Å². The van der Waals surface area contributed by atoms with Crippen molar-refractivity contribution in [3.8, 4) is 35.4 Å². The second kappa shape index (κ2) is 16.4. The lowest BCUT2D eigenvalue weighted by molar-refractivity contribution is -0.117. The number of pyridine rings is 1. The zero-order valence-corrected chi connectivity index (χ0v) is 37.6. The van der Waals surface area contributed by atoms with Crippen LogP contribution in [0.3, 0.4) is 0 Å². The number of rotatable bonds is 10. The summed E-state index contributed by atoms with van der Waals surface area (Å²) in [5, 5.41) is 17.9. The third-order valence-electron chi connectivity index (χ3n) is 16.4. The molecule has 2 saturated carbocycles. The lowest BCUT2D eigenvalue weighted by Crippen LogP contribution is -2.56. The van der Waals surface area contributed by atoms with E-state index in [9.17, 15) is 14.7 Å². The van der Waals surface area contributed by atoms with Crippen molar-refractivity contribution in [1.82, 2.24) is 35.4 Å². The number of urea groups is 1. The van der Waals surface area contributed by atoms with Crippen LogP contribution in [0.25, 0.3) is 32.9 Å². The number of anilines is 2. The number of hydrogen-bond donors (Lipinski definition) is 3. The van der Waals surface area contributed by atoms with Crippen molar-refractivity contribution >= 4 is 45.1 Å². The predicted octanol–water partition coefficient (Wildman–Crippen LogP) is 7.09. The molecule has 1 spiro atoms. The zero-order valence-electron chi connectivity index (χ0n) is 37.6. The molecule has 7 aliphatic rings. The fourth-order valence-corrected chi connectivity index (χ4v) is 12.4. The number of piperidine rings is 2. The molecule has 7 fully saturated rings. The first-order chi connectivity index (χ1) is 32.5. The van der Waals surface area contributed by atoms with E-state index >= 15 is 8.78 Å². The van der Waals surface area contributed by atoms with Gasteiger partial charge in [-0.05, 0) is 143 Å². The Morgan fingerprint density at radius 1 is 0.910 bits per heavy atom. The van der Waals surface area contributed by atoms with E-state index in [2.05, 4.69) is 48.4 Å². The average molecular weight is 908 g/mol. The number of carbonyl (C=O) groups is 2. The highest BCUT2D eigenvalue weighted by molar-refractivity contribution is 6.12. The van der Waals surface area contributed by atoms with E-state index in [1.54, 1.807) is 6.20 Å². The van der Waals surface area contributed by atoms with Gasteiger partial charge in [-0.3, -0.25) is 20.0 Å². The minimum absolute atomic E-state index is 0.00999. The summed E-state index contributed by atoms with van der Waals surface area (Å²) in [5.41, 5.74) is 2.60. The quantitative estimate of drug-likeness (QED) is 0.0979. The number of nitrogens with zero attached hydrogens (tertiary/aromatic N) is 7. The van der Waals surface area contributed by atoms with E-state index in [4.69, 9.17) is 21.1 Å². The van der Waals surface area contributed by atoms with Crippen molar-refractivity contribution in [2.45, 2.75) is 88.3 Å². The molecule has 5 aliphatic heterocycles. The van der Waals surface area contributed by atoms with Crippen LogP contribution in [0.5, 0.6) is 11.8 Å². The zero-order chi connectivity index (χ0) is 45.6. The van der Waals surface area contributed by atoms with Gasteiger partial charge in [0.2, 0.25) is 5.91 Å². The number of aromatic hydroxyl groups is 1. The van der Waals surface area contributed by atoms with Crippen LogP contribution < -0.4 is 25.2 Å². The maximum Gasteiger partial charge on any atom is 0.329 e. The molecular formula is C52H55F2N9O4. The minimum atomic E-state index is -0.715. The van der Waals surface area contributed by atoms with Crippen LogP contribution in [-0.4, -0.2) is 119 Å². The van der Waals surface area contributed by atoms with Gasteiger partial charge in [0.05, 0.1) is 17.6 Å². The van der Waals surface area contributed by atoms with Gasteiger partial charge in [0.15, 0.2) is 5.82 Å². The molecule has 346 valence electrons. The summed E-state index contributed by atoms with van der Waals surface area (Å²) in [7, 11) is 0. The van der Waals surface area contributed by atoms with Crippen molar-refractivity contribution < 1.29 is 28.2 Å². The second-order valence-electron chi connectivity index (χ2n) is 20.7. The van der Waals surface area contributed by atoms with Crippen LogP contribution in [0.1, 0.15) is 81.3 Å². The second-order valence-corrected chi connectivity index (χ2v) is 20.7. The number of nitrogens with one attached hydrogen (secondary N) is 2. The largest absolute Gasteiger partial charge is 0.508 e. The van der Waals surface area contributed by atoms with Gasteiger partial charge in [-0.2, -0.15) is 9.97 Å². The number of hydrogen-bond acceptors (Lipinski definition) is 11. The number of phenols is 1. The molecule has 2 atom stereocenters. The number of benzene rings is 3. The number of fused-ring (bicyclic) bond motifs is 4. The molecular weight excluding hydrogens is 853 g/mol. The number of piperazine rings is 1. The summed E-state index contributed by atoms with van der Waals surface area (Å²) in [6.07, 6.45) is 18.8. The van der Waals surface area contributed by atoms with E-state index in [1.165, 1.54) is 60.4 Å². The molecule has 0 radical (unpaired) electrons. The van der Waals surface area contributed by atoms with Gasteiger partial charge in [-0.25, -0.2) is 13.6 Å². The maximum atomic E-state index is 17.1. The number of aromatic nitrogens is 3. The van der Waals surface area contributed by atoms with E-state index in [0.717, 1.165) is 90.0 Å². The lowest BCUT2D eigenvalue weighted by atomic mass is 9.59. The molecule has 15 heteroatoms. The highest BCUT2D eigenvalue weighted by Crippen LogP contribution is 2.53. The molecule has 5 saturated heterocycles. The summed E-state index contributed by atoms with van der Waals surface area (Å²) in [6, 6.07) is 14.8. The van der Waals surface area contributed by atoms with E-state index < -0.39 is 11.6 Å². The average Bonchev–Trinajstić information content (AvgIpc) is 3.89. The van der Waals surface area contributed by atoms with Crippen molar-refractivity contribution in [1.29, 1.82) is 0 Å². The molecule has 13 nitrogen and oxygen atoms in total. The summed E-state index contributed by atoms with van der Waals surface area (Å²) in [4.78, 5) is 47.1. The molecule has 2 aromatic heterocycles. The molecule has 5 aromatic rings. The van der Waals surface area contributed by atoms with Gasteiger partial charge < -0.3 is 29.9 Å². The minimum Gasteiger partial charge on any atom is -0.508 e. The van der Waals surface area contributed by atoms with Gasteiger partial charge in [-0.15, -0.1) is 6.42 Å².